The zero-order valence-corrected chi connectivity index (χ0v) is 11.6. The largest absolute Gasteiger partial charge is 0.497 e. The topological polar surface area (TPSA) is 59.1 Å². The summed E-state index contributed by atoms with van der Waals surface area (Å²) in [5.74, 6) is 1.48. The zero-order valence-electron chi connectivity index (χ0n) is 10.8. The van der Waals surface area contributed by atoms with Gasteiger partial charge < -0.3 is 10.5 Å². The predicted molar refractivity (Wildman–Crippen MR) is 74.2 cm³/mol. The molecular formula is C13H20N2OS. The molecule has 0 aliphatic rings. The Morgan fingerprint density at radius 1 is 1.35 bits per heavy atom. The maximum atomic E-state index is 7.58. The highest BCUT2D eigenvalue weighted by atomic mass is 32.2. The first-order valence-electron chi connectivity index (χ1n) is 5.64. The molecule has 0 bridgehead atoms. The third kappa shape index (κ3) is 3.66. The number of nitrogen functional groups attached to an aromatic ring is 1. The number of nitrogens with two attached hydrogens (primary N) is 1. The molecule has 0 radical (unpaired) electrons. The number of ether oxygens (including phenoxy) is 1. The Hall–Kier alpha value is -1.16. The SMILES string of the molecule is COc1ccc(C(=N)N)c(SC(C)C(C)C)c1. The van der Waals surface area contributed by atoms with E-state index >= 15 is 0 Å². The van der Waals surface area contributed by atoms with Crippen molar-refractivity contribution in [3.63, 3.8) is 0 Å². The van der Waals surface area contributed by atoms with Gasteiger partial charge in [-0.3, -0.25) is 5.41 Å². The highest BCUT2D eigenvalue weighted by molar-refractivity contribution is 8.00. The molecule has 0 aliphatic carbocycles. The third-order valence-corrected chi connectivity index (χ3v) is 4.24. The van der Waals surface area contributed by atoms with E-state index in [1.807, 2.05) is 18.2 Å². The van der Waals surface area contributed by atoms with Gasteiger partial charge in [-0.15, -0.1) is 11.8 Å². The number of methoxy groups -OCH3 is 1. The summed E-state index contributed by atoms with van der Waals surface area (Å²) in [6.07, 6.45) is 0. The highest BCUT2D eigenvalue weighted by Crippen LogP contribution is 2.32. The summed E-state index contributed by atoms with van der Waals surface area (Å²) in [5, 5.41) is 8.05. The summed E-state index contributed by atoms with van der Waals surface area (Å²) in [4.78, 5) is 1.01. The number of nitrogens with one attached hydrogen (secondary N) is 1. The van der Waals surface area contributed by atoms with Gasteiger partial charge in [0, 0.05) is 15.7 Å². The van der Waals surface area contributed by atoms with Crippen molar-refractivity contribution in [2.24, 2.45) is 11.7 Å². The Bertz CT molecular complexity index is 404. The lowest BCUT2D eigenvalue weighted by Gasteiger charge is -2.17. The first-order chi connectivity index (χ1) is 7.95. The Morgan fingerprint density at radius 2 is 2.00 bits per heavy atom. The molecule has 1 atom stereocenters. The number of hydrogen-bond donors (Lipinski definition) is 2. The fraction of sp³-hybridized carbons (Fsp3) is 0.462. The monoisotopic (exact) mass is 252 g/mol. The van der Waals surface area contributed by atoms with Gasteiger partial charge in [0.05, 0.1) is 7.11 Å². The van der Waals surface area contributed by atoms with Crippen molar-refractivity contribution in [2.75, 3.05) is 7.11 Å². The second-order valence-electron chi connectivity index (χ2n) is 4.34. The fourth-order valence-electron chi connectivity index (χ4n) is 1.29. The van der Waals surface area contributed by atoms with Crippen molar-refractivity contribution < 1.29 is 4.74 Å². The molecule has 94 valence electrons. The Kier molecular flexibility index (Phi) is 4.87. The highest BCUT2D eigenvalue weighted by Gasteiger charge is 2.14. The summed E-state index contributed by atoms with van der Waals surface area (Å²) >= 11 is 1.74. The second-order valence-corrected chi connectivity index (χ2v) is 5.76. The molecular weight excluding hydrogens is 232 g/mol. The first kappa shape index (κ1) is 13.9. The van der Waals surface area contributed by atoms with Crippen molar-refractivity contribution in [1.82, 2.24) is 0 Å². The van der Waals surface area contributed by atoms with Crippen molar-refractivity contribution in [1.29, 1.82) is 5.41 Å². The van der Waals surface area contributed by atoms with E-state index in [2.05, 4.69) is 20.8 Å². The van der Waals surface area contributed by atoms with Crippen molar-refractivity contribution in [3.05, 3.63) is 23.8 Å². The normalized spacial score (nSPS) is 12.5. The Labute approximate surface area is 107 Å². The molecule has 4 heteroatoms. The lowest BCUT2D eigenvalue weighted by atomic mass is 10.1. The van der Waals surface area contributed by atoms with E-state index in [0.29, 0.717) is 11.2 Å². The van der Waals surface area contributed by atoms with Crippen LogP contribution in [0.3, 0.4) is 0 Å². The minimum Gasteiger partial charge on any atom is -0.497 e. The third-order valence-electron chi connectivity index (χ3n) is 2.73. The maximum absolute atomic E-state index is 7.58. The molecule has 0 heterocycles. The van der Waals surface area contributed by atoms with Crippen LogP contribution in [-0.2, 0) is 0 Å². The van der Waals surface area contributed by atoms with E-state index in [4.69, 9.17) is 15.9 Å². The summed E-state index contributed by atoms with van der Waals surface area (Å²) in [5.41, 5.74) is 6.37. The first-order valence-corrected chi connectivity index (χ1v) is 6.52. The molecule has 0 saturated carbocycles. The maximum Gasteiger partial charge on any atom is 0.123 e. The fourth-order valence-corrected chi connectivity index (χ4v) is 2.45. The summed E-state index contributed by atoms with van der Waals surface area (Å²) < 4.78 is 5.21. The van der Waals surface area contributed by atoms with Gasteiger partial charge in [-0.25, -0.2) is 0 Å². The molecule has 0 aliphatic heterocycles. The van der Waals surface area contributed by atoms with Crippen molar-refractivity contribution in [2.45, 2.75) is 30.9 Å². The molecule has 0 aromatic heterocycles. The lowest BCUT2D eigenvalue weighted by molar-refractivity contribution is 0.413. The van der Waals surface area contributed by atoms with E-state index in [1.165, 1.54) is 0 Å². The number of amidine groups is 1. The summed E-state index contributed by atoms with van der Waals surface area (Å²) in [6.45, 7) is 6.55. The number of thioether (sulfide) groups is 1. The van der Waals surface area contributed by atoms with Crippen molar-refractivity contribution >= 4 is 17.6 Å². The van der Waals surface area contributed by atoms with Crippen LogP contribution in [0.1, 0.15) is 26.3 Å². The van der Waals surface area contributed by atoms with Crippen LogP contribution < -0.4 is 10.5 Å². The minimum atomic E-state index is 0.103. The van der Waals surface area contributed by atoms with Gasteiger partial charge in [-0.1, -0.05) is 20.8 Å². The number of benzene rings is 1. The lowest BCUT2D eigenvalue weighted by Crippen LogP contribution is -2.14. The average Bonchev–Trinajstić information content (AvgIpc) is 2.28. The average molecular weight is 252 g/mol. The van der Waals surface area contributed by atoms with Crippen LogP contribution in [0.5, 0.6) is 5.75 Å². The summed E-state index contributed by atoms with van der Waals surface area (Å²) in [6, 6.07) is 5.62. The standard InChI is InChI=1S/C13H20N2OS/c1-8(2)9(3)17-12-7-10(16-4)5-6-11(12)13(14)15/h5-9H,1-4H3,(H3,14,15). The molecule has 3 nitrogen and oxygen atoms in total. The minimum absolute atomic E-state index is 0.103. The van der Waals surface area contributed by atoms with Gasteiger partial charge in [0.1, 0.15) is 11.6 Å². The van der Waals surface area contributed by atoms with Crippen LogP contribution in [-0.4, -0.2) is 18.2 Å². The van der Waals surface area contributed by atoms with E-state index in [9.17, 15) is 0 Å². The molecule has 1 aromatic rings. The molecule has 0 amide bonds. The Morgan fingerprint density at radius 3 is 2.47 bits per heavy atom. The molecule has 3 N–H and O–H groups in total. The molecule has 1 rings (SSSR count). The Balaban J connectivity index is 3.05. The van der Waals surface area contributed by atoms with Crippen LogP contribution in [0, 0.1) is 11.3 Å². The van der Waals surface area contributed by atoms with E-state index in [-0.39, 0.29) is 5.84 Å². The van der Waals surface area contributed by atoms with Crippen LogP contribution in [0.25, 0.3) is 0 Å². The smallest absolute Gasteiger partial charge is 0.123 e. The molecule has 17 heavy (non-hydrogen) atoms. The number of rotatable bonds is 5. The van der Waals surface area contributed by atoms with E-state index < -0.39 is 0 Å². The summed E-state index contributed by atoms with van der Waals surface area (Å²) in [7, 11) is 1.64. The predicted octanol–water partition coefficient (Wildman–Crippen LogP) is 3.12. The quantitative estimate of drug-likeness (QED) is 0.481. The van der Waals surface area contributed by atoms with Gasteiger partial charge in [-0.05, 0) is 24.1 Å². The molecule has 0 spiro atoms. The molecule has 1 aromatic carbocycles. The van der Waals surface area contributed by atoms with Crippen LogP contribution >= 0.6 is 11.8 Å². The van der Waals surface area contributed by atoms with Gasteiger partial charge in [0.2, 0.25) is 0 Å². The van der Waals surface area contributed by atoms with E-state index in [0.717, 1.165) is 16.2 Å². The van der Waals surface area contributed by atoms with Crippen LogP contribution in [0.15, 0.2) is 23.1 Å². The molecule has 0 saturated heterocycles. The zero-order chi connectivity index (χ0) is 13.0. The van der Waals surface area contributed by atoms with Crippen LogP contribution in [0.2, 0.25) is 0 Å². The number of hydrogen-bond acceptors (Lipinski definition) is 3. The van der Waals surface area contributed by atoms with Gasteiger partial charge >= 0.3 is 0 Å². The van der Waals surface area contributed by atoms with Crippen molar-refractivity contribution in [3.8, 4) is 5.75 Å². The van der Waals surface area contributed by atoms with Crippen LogP contribution in [0.4, 0.5) is 0 Å². The second kappa shape index (κ2) is 5.96. The van der Waals surface area contributed by atoms with Gasteiger partial charge in [-0.2, -0.15) is 0 Å². The molecule has 0 fully saturated rings. The molecule has 1 unspecified atom stereocenters. The van der Waals surface area contributed by atoms with E-state index in [1.54, 1.807) is 18.9 Å². The van der Waals surface area contributed by atoms with Gasteiger partial charge in [0.15, 0.2) is 0 Å². The van der Waals surface area contributed by atoms with Gasteiger partial charge in [0.25, 0.3) is 0 Å².